The predicted molar refractivity (Wildman–Crippen MR) is 91.9 cm³/mol. The quantitative estimate of drug-likeness (QED) is 0.674. The largest absolute Gasteiger partial charge is 0.421 e. The highest BCUT2D eigenvalue weighted by atomic mass is 32.2. The molecule has 9 heteroatoms. The fraction of sp³-hybridized carbons (Fsp3) is 0.200. The lowest BCUT2D eigenvalue weighted by Gasteiger charge is -2.17. The molecule has 0 saturated heterocycles. The first-order valence-electron chi connectivity index (χ1n) is 6.82. The SMILES string of the molecule is C=C(C)SNc1cc(C)ccc1Nc1nc(N)ncc1C(F)(F)F. The van der Waals surface area contributed by atoms with Crippen LogP contribution in [0.15, 0.2) is 35.9 Å². The smallest absolute Gasteiger partial charge is 0.368 e. The number of rotatable bonds is 5. The summed E-state index contributed by atoms with van der Waals surface area (Å²) in [5, 5.41) is 2.68. The van der Waals surface area contributed by atoms with Gasteiger partial charge in [-0.2, -0.15) is 18.2 Å². The number of benzene rings is 1. The molecule has 24 heavy (non-hydrogen) atoms. The van der Waals surface area contributed by atoms with E-state index in [1.165, 1.54) is 11.9 Å². The number of nitrogens with zero attached hydrogens (tertiary/aromatic N) is 2. The zero-order chi connectivity index (χ0) is 17.9. The summed E-state index contributed by atoms with van der Waals surface area (Å²) in [5.74, 6) is -0.648. The molecule has 0 unspecified atom stereocenters. The van der Waals surface area contributed by atoms with Gasteiger partial charge in [0.25, 0.3) is 0 Å². The van der Waals surface area contributed by atoms with Crippen LogP contribution in [-0.4, -0.2) is 9.97 Å². The molecule has 0 aliphatic heterocycles. The molecule has 2 aromatic rings. The molecule has 0 aliphatic carbocycles. The van der Waals surface area contributed by atoms with Crippen LogP contribution in [-0.2, 0) is 6.18 Å². The highest BCUT2D eigenvalue weighted by molar-refractivity contribution is 8.04. The number of hydrogen-bond acceptors (Lipinski definition) is 6. The van der Waals surface area contributed by atoms with Crippen LogP contribution in [0.25, 0.3) is 0 Å². The summed E-state index contributed by atoms with van der Waals surface area (Å²) in [4.78, 5) is 7.91. The number of aromatic nitrogens is 2. The number of alkyl halides is 3. The van der Waals surface area contributed by atoms with Crippen molar-refractivity contribution in [3.8, 4) is 0 Å². The first kappa shape index (κ1) is 17.9. The van der Waals surface area contributed by atoms with E-state index in [4.69, 9.17) is 5.73 Å². The average Bonchev–Trinajstić information content (AvgIpc) is 2.46. The average molecular weight is 355 g/mol. The molecule has 1 heterocycles. The number of halogens is 3. The molecule has 0 fully saturated rings. The summed E-state index contributed by atoms with van der Waals surface area (Å²) < 4.78 is 42.4. The molecule has 5 nitrogen and oxygen atoms in total. The van der Waals surface area contributed by atoms with Gasteiger partial charge >= 0.3 is 6.18 Å². The van der Waals surface area contributed by atoms with Gasteiger partial charge in [-0.25, -0.2) is 4.98 Å². The Morgan fingerprint density at radius 1 is 1.29 bits per heavy atom. The minimum absolute atomic E-state index is 0.247. The minimum Gasteiger partial charge on any atom is -0.368 e. The maximum absolute atomic E-state index is 13.1. The summed E-state index contributed by atoms with van der Waals surface area (Å²) >= 11 is 1.27. The zero-order valence-electron chi connectivity index (χ0n) is 13.0. The lowest BCUT2D eigenvalue weighted by Crippen LogP contribution is -2.13. The molecule has 0 amide bonds. The third kappa shape index (κ3) is 4.54. The molecule has 1 aromatic carbocycles. The van der Waals surface area contributed by atoms with Crippen molar-refractivity contribution in [1.29, 1.82) is 0 Å². The third-order valence-electron chi connectivity index (χ3n) is 2.88. The van der Waals surface area contributed by atoms with E-state index in [9.17, 15) is 13.2 Å². The van der Waals surface area contributed by atoms with Crippen molar-refractivity contribution in [3.05, 3.63) is 47.0 Å². The van der Waals surface area contributed by atoms with Crippen LogP contribution in [0.3, 0.4) is 0 Å². The van der Waals surface area contributed by atoms with Crippen molar-refractivity contribution in [3.63, 3.8) is 0 Å². The number of allylic oxidation sites excluding steroid dienone is 1. The molecule has 0 radical (unpaired) electrons. The van der Waals surface area contributed by atoms with Crippen molar-refractivity contribution in [2.24, 2.45) is 0 Å². The molecule has 0 bridgehead atoms. The van der Waals surface area contributed by atoms with Gasteiger partial charge in [0, 0.05) is 6.20 Å². The second-order valence-electron chi connectivity index (χ2n) is 5.07. The summed E-state index contributed by atoms with van der Waals surface area (Å²) in [6.07, 6.45) is -3.94. The Hall–Kier alpha value is -2.42. The first-order valence-corrected chi connectivity index (χ1v) is 7.64. The van der Waals surface area contributed by atoms with E-state index in [0.717, 1.165) is 10.5 Å². The number of nitrogen functional groups attached to an aromatic ring is 1. The Morgan fingerprint density at radius 3 is 2.62 bits per heavy atom. The standard InChI is InChI=1S/C15H16F3N5S/c1-8(2)24-23-12-6-9(3)4-5-11(12)21-13-10(15(16,17)18)7-20-14(19)22-13/h4-7,23H,1H2,2-3H3,(H3,19,20,21,22). The van der Waals surface area contributed by atoms with Gasteiger partial charge in [0.1, 0.15) is 11.4 Å². The lowest BCUT2D eigenvalue weighted by atomic mass is 10.2. The van der Waals surface area contributed by atoms with Crippen molar-refractivity contribution in [1.82, 2.24) is 9.97 Å². The summed E-state index contributed by atoms with van der Waals surface area (Å²) in [6.45, 7) is 7.45. The molecular formula is C15H16F3N5S. The molecule has 4 N–H and O–H groups in total. The van der Waals surface area contributed by atoms with Crippen molar-refractivity contribution in [2.45, 2.75) is 20.0 Å². The molecule has 0 aliphatic rings. The van der Waals surface area contributed by atoms with Gasteiger partial charge in [-0.05, 0) is 48.4 Å². The van der Waals surface area contributed by atoms with Gasteiger partial charge in [0.2, 0.25) is 5.95 Å². The van der Waals surface area contributed by atoms with E-state index >= 15 is 0 Å². The normalized spacial score (nSPS) is 11.2. The fourth-order valence-electron chi connectivity index (χ4n) is 1.82. The molecule has 128 valence electrons. The van der Waals surface area contributed by atoms with Crippen LogP contribution in [0, 0.1) is 6.92 Å². The van der Waals surface area contributed by atoms with Crippen LogP contribution >= 0.6 is 11.9 Å². The second kappa shape index (κ2) is 7.00. The van der Waals surface area contributed by atoms with Gasteiger partial charge in [-0.3, -0.25) is 0 Å². The van der Waals surface area contributed by atoms with E-state index in [2.05, 4.69) is 26.6 Å². The van der Waals surface area contributed by atoms with Gasteiger partial charge in [0.15, 0.2) is 0 Å². The number of aryl methyl sites for hydroxylation is 1. The maximum atomic E-state index is 13.1. The highest BCUT2D eigenvalue weighted by Crippen LogP contribution is 2.36. The second-order valence-corrected chi connectivity index (χ2v) is 6.17. The Labute approximate surface area is 141 Å². The molecule has 2 rings (SSSR count). The monoisotopic (exact) mass is 355 g/mol. The van der Waals surface area contributed by atoms with E-state index in [-0.39, 0.29) is 5.95 Å². The predicted octanol–water partition coefficient (Wildman–Crippen LogP) is 4.72. The van der Waals surface area contributed by atoms with Gasteiger partial charge in [-0.15, -0.1) is 0 Å². The number of anilines is 4. The van der Waals surface area contributed by atoms with Crippen molar-refractivity contribution in [2.75, 3.05) is 15.8 Å². The zero-order valence-corrected chi connectivity index (χ0v) is 13.8. The van der Waals surface area contributed by atoms with Gasteiger partial charge in [0.05, 0.1) is 11.4 Å². The van der Waals surface area contributed by atoms with E-state index in [1.54, 1.807) is 18.2 Å². The Kier molecular flexibility index (Phi) is 5.23. The van der Waals surface area contributed by atoms with E-state index < -0.39 is 17.6 Å². The first-order chi connectivity index (χ1) is 11.2. The van der Waals surface area contributed by atoms with Gasteiger partial charge in [-0.1, -0.05) is 12.6 Å². The third-order valence-corrected chi connectivity index (χ3v) is 3.55. The number of nitrogens with one attached hydrogen (secondary N) is 2. The molecule has 0 spiro atoms. The van der Waals surface area contributed by atoms with Crippen molar-refractivity contribution >= 4 is 35.1 Å². The van der Waals surface area contributed by atoms with E-state index in [1.807, 2.05) is 13.8 Å². The highest BCUT2D eigenvalue weighted by Gasteiger charge is 2.35. The minimum atomic E-state index is -4.60. The van der Waals surface area contributed by atoms with Crippen LogP contribution in [0.4, 0.5) is 36.3 Å². The summed E-state index contributed by atoms with van der Waals surface area (Å²) in [6, 6.07) is 5.24. The Morgan fingerprint density at radius 2 is 2.00 bits per heavy atom. The van der Waals surface area contributed by atoms with Crippen molar-refractivity contribution < 1.29 is 13.2 Å². The molecule has 1 aromatic heterocycles. The molecular weight excluding hydrogens is 339 g/mol. The van der Waals surface area contributed by atoms with Crippen LogP contribution in [0.1, 0.15) is 18.1 Å². The lowest BCUT2D eigenvalue weighted by molar-refractivity contribution is -0.137. The molecule has 0 saturated carbocycles. The van der Waals surface area contributed by atoms with E-state index in [0.29, 0.717) is 17.6 Å². The van der Waals surface area contributed by atoms with Crippen LogP contribution < -0.4 is 15.8 Å². The summed E-state index contributed by atoms with van der Waals surface area (Å²) in [7, 11) is 0. The van der Waals surface area contributed by atoms with Crippen LogP contribution in [0.2, 0.25) is 0 Å². The fourth-order valence-corrected chi connectivity index (χ4v) is 2.27. The topological polar surface area (TPSA) is 75.9 Å². The number of hydrogen-bond donors (Lipinski definition) is 3. The maximum Gasteiger partial charge on any atom is 0.421 e. The Bertz CT molecular complexity index is 761. The Balaban J connectivity index is 2.41. The summed E-state index contributed by atoms with van der Waals surface area (Å²) in [5.41, 5.74) is 6.42. The number of nitrogens with two attached hydrogens (primary N) is 1. The van der Waals surface area contributed by atoms with Crippen LogP contribution in [0.5, 0.6) is 0 Å². The van der Waals surface area contributed by atoms with Gasteiger partial charge < -0.3 is 15.8 Å². The molecule has 0 atom stereocenters.